The molecule has 19 heavy (non-hydrogen) atoms. The first-order valence-corrected chi connectivity index (χ1v) is 6.37. The molecule has 4 heteroatoms. The molecule has 1 aliphatic rings. The van der Waals surface area contributed by atoms with Gasteiger partial charge in [-0.1, -0.05) is 54.6 Å². The van der Waals surface area contributed by atoms with Gasteiger partial charge in [-0.25, -0.2) is 0 Å². The normalized spacial score (nSPS) is 13.4. The van der Waals surface area contributed by atoms with Crippen LogP contribution in [0.1, 0.15) is 24.3 Å². The van der Waals surface area contributed by atoms with Crippen LogP contribution in [0.2, 0.25) is 0 Å². The number of benzene rings is 2. The maximum Gasteiger partial charge on any atom is 0.631 e. The lowest BCUT2D eigenvalue weighted by Crippen LogP contribution is -2.07. The molecule has 0 radical (unpaired) electrons. The molecule has 0 bridgehead atoms. The van der Waals surface area contributed by atoms with Gasteiger partial charge in [0.2, 0.25) is 0 Å². The molecule has 0 atom stereocenters. The lowest BCUT2D eigenvalue weighted by Gasteiger charge is -2.08. The van der Waals surface area contributed by atoms with Crippen LogP contribution in [0.15, 0.2) is 54.6 Å². The van der Waals surface area contributed by atoms with Crippen molar-refractivity contribution in [1.29, 1.82) is 0 Å². The third-order valence-corrected chi connectivity index (χ3v) is 3.06. The Bertz CT molecular complexity index is 507. The molecule has 2 aromatic carbocycles. The minimum atomic E-state index is -2.17. The van der Waals surface area contributed by atoms with Crippen molar-refractivity contribution >= 4 is 7.32 Å². The highest BCUT2D eigenvalue weighted by Gasteiger charge is 2.25. The maximum atomic E-state index is 7.17. The van der Waals surface area contributed by atoms with Crippen LogP contribution in [0.5, 0.6) is 0 Å². The summed E-state index contributed by atoms with van der Waals surface area (Å²) in [6.45, 7) is 0. The zero-order valence-electron chi connectivity index (χ0n) is 10.6. The quantitative estimate of drug-likeness (QED) is 0.722. The predicted molar refractivity (Wildman–Crippen MR) is 76.3 cm³/mol. The van der Waals surface area contributed by atoms with Crippen LogP contribution >= 0.6 is 0 Å². The lowest BCUT2D eigenvalue weighted by atomic mass is 9.97. The van der Waals surface area contributed by atoms with Crippen molar-refractivity contribution in [2.45, 2.75) is 18.8 Å². The third-order valence-electron chi connectivity index (χ3n) is 3.06. The topological polar surface area (TPSA) is 60.7 Å². The van der Waals surface area contributed by atoms with Gasteiger partial charge in [0.05, 0.1) is 0 Å². The van der Waals surface area contributed by atoms with Crippen LogP contribution < -0.4 is 0 Å². The SMILES string of the molecule is OB(O)O.c1ccc(-c2ccccc2C2CC2)cc1. The Kier molecular flexibility index (Phi) is 4.74. The summed E-state index contributed by atoms with van der Waals surface area (Å²) in [7, 11) is -2.17. The Morgan fingerprint density at radius 2 is 1.32 bits per heavy atom. The summed E-state index contributed by atoms with van der Waals surface area (Å²) in [4.78, 5) is 0. The minimum absolute atomic E-state index is 0.821. The van der Waals surface area contributed by atoms with E-state index in [-0.39, 0.29) is 0 Å². The van der Waals surface area contributed by atoms with E-state index in [1.54, 1.807) is 0 Å². The zero-order valence-corrected chi connectivity index (χ0v) is 10.6. The van der Waals surface area contributed by atoms with Crippen molar-refractivity contribution < 1.29 is 15.1 Å². The molecule has 1 saturated carbocycles. The van der Waals surface area contributed by atoms with Gasteiger partial charge >= 0.3 is 7.32 Å². The molecule has 0 unspecified atom stereocenters. The Morgan fingerprint density at radius 1 is 0.789 bits per heavy atom. The second-order valence-electron chi connectivity index (χ2n) is 4.57. The lowest BCUT2D eigenvalue weighted by molar-refractivity contribution is 0.278. The Hall–Kier alpha value is -1.62. The van der Waals surface area contributed by atoms with E-state index in [1.807, 2.05) is 0 Å². The smallest absolute Gasteiger partial charge is 0.402 e. The molecule has 98 valence electrons. The summed E-state index contributed by atoms with van der Waals surface area (Å²) in [6.07, 6.45) is 2.73. The highest BCUT2D eigenvalue weighted by molar-refractivity contribution is 6.30. The molecular weight excluding hydrogens is 239 g/mol. The number of hydrogen-bond donors (Lipinski definition) is 3. The first-order chi connectivity index (χ1) is 9.18. The minimum Gasteiger partial charge on any atom is -0.402 e. The fourth-order valence-corrected chi connectivity index (χ4v) is 2.13. The standard InChI is InChI=1S/C15H14.BH3O3/c1-2-6-12(7-3-1)14-8-4-5-9-15(14)13-10-11-13;2-1(3)4/h1-9,13H,10-11H2;2-4H. The molecule has 3 nitrogen and oxygen atoms in total. The van der Waals surface area contributed by atoms with Crippen LogP contribution in [0.3, 0.4) is 0 Å². The van der Waals surface area contributed by atoms with Crippen molar-refractivity contribution in [1.82, 2.24) is 0 Å². The average molecular weight is 256 g/mol. The monoisotopic (exact) mass is 256 g/mol. The van der Waals surface area contributed by atoms with E-state index in [0.717, 1.165) is 5.92 Å². The molecule has 2 aromatic rings. The molecular formula is C15H17BO3. The van der Waals surface area contributed by atoms with E-state index in [2.05, 4.69) is 54.6 Å². The second-order valence-corrected chi connectivity index (χ2v) is 4.57. The summed E-state index contributed by atoms with van der Waals surface area (Å²) < 4.78 is 0. The molecule has 0 heterocycles. The fourth-order valence-electron chi connectivity index (χ4n) is 2.13. The predicted octanol–water partition coefficient (Wildman–Crippen LogP) is 2.18. The summed E-state index contributed by atoms with van der Waals surface area (Å²) in [5.74, 6) is 0.821. The summed E-state index contributed by atoms with van der Waals surface area (Å²) >= 11 is 0. The Morgan fingerprint density at radius 3 is 1.89 bits per heavy atom. The van der Waals surface area contributed by atoms with Crippen LogP contribution in [0.25, 0.3) is 11.1 Å². The molecule has 1 aliphatic carbocycles. The molecule has 0 amide bonds. The van der Waals surface area contributed by atoms with Gasteiger partial charge in [-0.3, -0.25) is 0 Å². The number of hydrogen-bond acceptors (Lipinski definition) is 3. The summed E-state index contributed by atoms with van der Waals surface area (Å²) in [5.41, 5.74) is 4.30. The largest absolute Gasteiger partial charge is 0.631 e. The average Bonchev–Trinajstić information content (AvgIpc) is 3.23. The van der Waals surface area contributed by atoms with E-state index in [9.17, 15) is 0 Å². The van der Waals surface area contributed by atoms with E-state index in [4.69, 9.17) is 15.1 Å². The van der Waals surface area contributed by atoms with Gasteiger partial charge in [-0.15, -0.1) is 0 Å². The van der Waals surface area contributed by atoms with E-state index < -0.39 is 7.32 Å². The van der Waals surface area contributed by atoms with Crippen molar-refractivity contribution in [2.75, 3.05) is 0 Å². The molecule has 1 fully saturated rings. The van der Waals surface area contributed by atoms with Gasteiger partial charge in [-0.05, 0) is 35.4 Å². The van der Waals surface area contributed by atoms with Crippen molar-refractivity contribution in [3.05, 3.63) is 60.2 Å². The van der Waals surface area contributed by atoms with Crippen LogP contribution in [-0.2, 0) is 0 Å². The van der Waals surface area contributed by atoms with Gasteiger partial charge in [0.15, 0.2) is 0 Å². The molecule has 0 aromatic heterocycles. The molecule has 0 saturated heterocycles. The summed E-state index contributed by atoms with van der Waals surface area (Å²) in [5, 5.41) is 21.5. The Balaban J connectivity index is 0.000000297. The Labute approximate surface area is 113 Å². The molecule has 3 N–H and O–H groups in total. The highest BCUT2D eigenvalue weighted by atomic mass is 16.5. The fraction of sp³-hybridized carbons (Fsp3) is 0.200. The van der Waals surface area contributed by atoms with Crippen molar-refractivity contribution in [3.63, 3.8) is 0 Å². The first-order valence-electron chi connectivity index (χ1n) is 6.37. The molecule has 0 aliphatic heterocycles. The van der Waals surface area contributed by atoms with E-state index >= 15 is 0 Å². The second kappa shape index (κ2) is 6.52. The third kappa shape index (κ3) is 4.21. The van der Waals surface area contributed by atoms with Crippen molar-refractivity contribution in [2.24, 2.45) is 0 Å². The zero-order chi connectivity index (χ0) is 13.7. The van der Waals surface area contributed by atoms with Gasteiger partial charge in [0.25, 0.3) is 0 Å². The van der Waals surface area contributed by atoms with Gasteiger partial charge in [0, 0.05) is 0 Å². The first kappa shape index (κ1) is 13.8. The van der Waals surface area contributed by atoms with Gasteiger partial charge < -0.3 is 15.1 Å². The number of rotatable bonds is 2. The molecule has 3 rings (SSSR count). The van der Waals surface area contributed by atoms with Crippen LogP contribution in [0, 0.1) is 0 Å². The van der Waals surface area contributed by atoms with Crippen molar-refractivity contribution in [3.8, 4) is 11.1 Å². The van der Waals surface area contributed by atoms with Crippen LogP contribution in [0.4, 0.5) is 0 Å². The van der Waals surface area contributed by atoms with Crippen LogP contribution in [-0.4, -0.2) is 22.4 Å². The maximum absolute atomic E-state index is 7.17. The van der Waals surface area contributed by atoms with Gasteiger partial charge in [-0.2, -0.15) is 0 Å². The van der Waals surface area contributed by atoms with Gasteiger partial charge in [0.1, 0.15) is 0 Å². The van der Waals surface area contributed by atoms with E-state index in [1.165, 1.54) is 29.5 Å². The van der Waals surface area contributed by atoms with E-state index in [0.29, 0.717) is 0 Å². The summed E-state index contributed by atoms with van der Waals surface area (Å²) in [6, 6.07) is 19.5. The molecule has 0 spiro atoms. The highest BCUT2D eigenvalue weighted by Crippen LogP contribution is 2.44.